The number of benzene rings is 2. The molecule has 7 heteroatoms. The first kappa shape index (κ1) is 25.9. The first-order valence-corrected chi connectivity index (χ1v) is 14.3. The Bertz CT molecular complexity index is 1130. The molecule has 6 nitrogen and oxygen atoms in total. The molecular formula is C28H39N3O3S. The van der Waals surface area contributed by atoms with E-state index in [1.807, 2.05) is 6.07 Å². The summed E-state index contributed by atoms with van der Waals surface area (Å²) in [6.45, 7) is 7.77. The normalized spacial score (nSPS) is 21.3. The van der Waals surface area contributed by atoms with Crippen LogP contribution in [0.1, 0.15) is 82.0 Å². The van der Waals surface area contributed by atoms with Gasteiger partial charge >= 0.3 is 0 Å². The van der Waals surface area contributed by atoms with Crippen LogP contribution in [0.3, 0.4) is 0 Å². The lowest BCUT2D eigenvalue weighted by atomic mass is 9.86. The van der Waals surface area contributed by atoms with E-state index < -0.39 is 10.0 Å². The Balaban J connectivity index is 1.43. The van der Waals surface area contributed by atoms with Crippen molar-refractivity contribution in [1.82, 2.24) is 14.9 Å². The van der Waals surface area contributed by atoms with Crippen molar-refractivity contribution in [3.8, 4) is 0 Å². The maximum Gasteiger partial charge on any atom is 0.243 e. The van der Waals surface area contributed by atoms with E-state index >= 15 is 0 Å². The van der Waals surface area contributed by atoms with Gasteiger partial charge in [-0.15, -0.1) is 0 Å². The largest absolute Gasteiger partial charge is 0.349 e. The van der Waals surface area contributed by atoms with Crippen LogP contribution in [0, 0.1) is 0 Å². The van der Waals surface area contributed by atoms with Gasteiger partial charge in [0.15, 0.2) is 0 Å². The number of piperidine rings is 1. The van der Waals surface area contributed by atoms with Gasteiger partial charge in [-0.3, -0.25) is 4.79 Å². The summed E-state index contributed by atoms with van der Waals surface area (Å²) < 4.78 is 28.1. The highest BCUT2D eigenvalue weighted by Crippen LogP contribution is 2.32. The molecule has 4 rings (SSSR count). The van der Waals surface area contributed by atoms with Crippen molar-refractivity contribution in [2.24, 2.45) is 0 Å². The molecule has 0 aromatic heterocycles. The fourth-order valence-corrected chi connectivity index (χ4v) is 6.90. The molecule has 0 unspecified atom stereocenters. The van der Waals surface area contributed by atoms with E-state index in [9.17, 15) is 13.2 Å². The van der Waals surface area contributed by atoms with Crippen molar-refractivity contribution in [2.45, 2.75) is 94.8 Å². The van der Waals surface area contributed by atoms with E-state index in [1.54, 1.807) is 28.6 Å². The predicted octanol–water partition coefficient (Wildman–Crippen LogP) is 4.70. The van der Waals surface area contributed by atoms with Crippen LogP contribution in [-0.4, -0.2) is 36.8 Å². The predicted molar refractivity (Wildman–Crippen MR) is 139 cm³/mol. The van der Waals surface area contributed by atoms with Crippen molar-refractivity contribution >= 4 is 15.9 Å². The molecule has 2 aliphatic rings. The molecule has 1 saturated heterocycles. The first-order chi connectivity index (χ1) is 16.6. The van der Waals surface area contributed by atoms with Crippen LogP contribution in [0.25, 0.3) is 0 Å². The number of sulfonamides is 1. The Labute approximate surface area is 210 Å². The van der Waals surface area contributed by atoms with E-state index in [4.69, 9.17) is 0 Å². The van der Waals surface area contributed by atoms with E-state index in [1.165, 1.54) is 16.7 Å². The van der Waals surface area contributed by atoms with Crippen molar-refractivity contribution in [1.29, 1.82) is 0 Å². The third kappa shape index (κ3) is 6.51. The van der Waals surface area contributed by atoms with Crippen LogP contribution in [0.15, 0.2) is 53.4 Å². The number of nitrogens with one attached hydrogen (secondary N) is 2. The molecule has 35 heavy (non-hydrogen) atoms. The second-order valence-electron chi connectivity index (χ2n) is 10.9. The number of rotatable bonds is 7. The average Bonchev–Trinajstić information content (AvgIpc) is 2.83. The van der Waals surface area contributed by atoms with Gasteiger partial charge in [0.25, 0.3) is 0 Å². The standard InChI is InChI=1S/C28H39N3O3S/c1-28(2,3)29-20-21-15-16-25-22(18-21)10-9-14-26(25)30-27(32)19-23-11-7-8-17-31(23)35(33,34)24-12-5-4-6-13-24/h4-6,12-13,15-16,18,23,26,29H,7-11,14,17,19-20H2,1-3H3,(H,30,32)/t23-,26+/m0/s1. The maximum absolute atomic E-state index is 13.3. The van der Waals surface area contributed by atoms with Crippen molar-refractivity contribution in [2.75, 3.05) is 6.54 Å². The minimum atomic E-state index is -3.61. The highest BCUT2D eigenvalue weighted by atomic mass is 32.2. The third-order valence-corrected chi connectivity index (χ3v) is 8.99. The molecule has 0 saturated carbocycles. The second kappa shape index (κ2) is 10.8. The minimum absolute atomic E-state index is 0.0151. The number of hydrogen-bond acceptors (Lipinski definition) is 4. The molecule has 1 fully saturated rings. The molecule has 0 spiro atoms. The number of amides is 1. The Morgan fingerprint density at radius 3 is 2.54 bits per heavy atom. The van der Waals surface area contributed by atoms with Gasteiger partial charge in [-0.05, 0) is 81.7 Å². The van der Waals surface area contributed by atoms with Crippen LogP contribution < -0.4 is 10.6 Å². The second-order valence-corrected chi connectivity index (χ2v) is 12.8. The smallest absolute Gasteiger partial charge is 0.243 e. The van der Waals surface area contributed by atoms with Gasteiger partial charge < -0.3 is 10.6 Å². The molecule has 2 N–H and O–H groups in total. The summed E-state index contributed by atoms with van der Waals surface area (Å²) in [5, 5.41) is 6.77. The molecule has 0 radical (unpaired) electrons. The van der Waals surface area contributed by atoms with Crippen LogP contribution in [0.2, 0.25) is 0 Å². The van der Waals surface area contributed by atoms with Crippen molar-refractivity contribution in [3.05, 3.63) is 65.2 Å². The van der Waals surface area contributed by atoms with Gasteiger partial charge in [-0.1, -0.05) is 42.8 Å². The zero-order valence-corrected chi connectivity index (χ0v) is 22.0. The fourth-order valence-electron chi connectivity index (χ4n) is 5.18. The Kier molecular flexibility index (Phi) is 7.99. The minimum Gasteiger partial charge on any atom is -0.349 e. The lowest BCUT2D eigenvalue weighted by Gasteiger charge is -2.35. The van der Waals surface area contributed by atoms with Gasteiger partial charge in [-0.25, -0.2) is 8.42 Å². The highest BCUT2D eigenvalue weighted by Gasteiger charge is 2.35. The topological polar surface area (TPSA) is 78.5 Å². The van der Waals surface area contributed by atoms with Gasteiger partial charge in [0.05, 0.1) is 10.9 Å². The van der Waals surface area contributed by atoms with Gasteiger partial charge in [0.2, 0.25) is 15.9 Å². The Hall–Kier alpha value is -2.22. The monoisotopic (exact) mass is 497 g/mol. The molecule has 1 aliphatic heterocycles. The van der Waals surface area contributed by atoms with Gasteiger partial charge in [0, 0.05) is 31.1 Å². The summed E-state index contributed by atoms with van der Waals surface area (Å²) in [6.07, 6.45) is 5.65. The number of carbonyl (C=O) groups excluding carboxylic acids is 1. The number of nitrogens with zero attached hydrogens (tertiary/aromatic N) is 1. The first-order valence-electron chi connectivity index (χ1n) is 12.9. The van der Waals surface area contributed by atoms with Crippen LogP contribution >= 0.6 is 0 Å². The molecule has 2 aromatic rings. The number of hydrogen-bond donors (Lipinski definition) is 2. The van der Waals surface area contributed by atoms with E-state index in [2.05, 4.69) is 49.6 Å². The highest BCUT2D eigenvalue weighted by molar-refractivity contribution is 7.89. The molecule has 1 amide bonds. The SMILES string of the molecule is CC(C)(C)NCc1ccc2c(c1)CCC[C@H]2NC(=O)C[C@@H]1CCCCN1S(=O)(=O)c1ccccc1. The van der Waals surface area contributed by atoms with E-state index in [0.717, 1.165) is 38.6 Å². The summed E-state index contributed by atoms with van der Waals surface area (Å²) in [7, 11) is -3.61. The van der Waals surface area contributed by atoms with Crippen LogP contribution in [-0.2, 0) is 27.8 Å². The van der Waals surface area contributed by atoms with E-state index in [-0.39, 0.29) is 30.0 Å². The number of aryl methyl sites for hydroxylation is 1. The third-order valence-electron chi connectivity index (χ3n) is 7.02. The fraction of sp³-hybridized carbons (Fsp3) is 0.536. The average molecular weight is 498 g/mol. The molecule has 1 aliphatic carbocycles. The Morgan fingerprint density at radius 2 is 1.80 bits per heavy atom. The summed E-state index contributed by atoms with van der Waals surface area (Å²) in [4.78, 5) is 13.4. The van der Waals surface area contributed by atoms with Crippen LogP contribution in [0.4, 0.5) is 0 Å². The molecule has 0 bridgehead atoms. The number of carbonyl (C=O) groups is 1. The molecule has 2 atom stereocenters. The lowest BCUT2D eigenvalue weighted by Crippen LogP contribution is -2.46. The zero-order valence-electron chi connectivity index (χ0n) is 21.2. The summed E-state index contributed by atoms with van der Waals surface area (Å²) in [5.41, 5.74) is 3.82. The zero-order chi connectivity index (χ0) is 25.1. The van der Waals surface area contributed by atoms with Crippen molar-refractivity contribution in [3.63, 3.8) is 0 Å². The van der Waals surface area contributed by atoms with Gasteiger partial charge in [0.1, 0.15) is 0 Å². The molecule has 1 heterocycles. The summed E-state index contributed by atoms with van der Waals surface area (Å²) >= 11 is 0. The van der Waals surface area contributed by atoms with Crippen molar-refractivity contribution < 1.29 is 13.2 Å². The lowest BCUT2D eigenvalue weighted by molar-refractivity contribution is -0.123. The molecular weight excluding hydrogens is 458 g/mol. The Morgan fingerprint density at radius 1 is 1.03 bits per heavy atom. The van der Waals surface area contributed by atoms with Gasteiger partial charge in [-0.2, -0.15) is 4.31 Å². The molecule has 2 aromatic carbocycles. The van der Waals surface area contributed by atoms with E-state index in [0.29, 0.717) is 17.9 Å². The summed E-state index contributed by atoms with van der Waals surface area (Å²) in [6, 6.07) is 14.8. The molecule has 190 valence electrons. The van der Waals surface area contributed by atoms with Crippen LogP contribution in [0.5, 0.6) is 0 Å². The maximum atomic E-state index is 13.3. The summed E-state index contributed by atoms with van der Waals surface area (Å²) in [5.74, 6) is -0.0681. The number of fused-ring (bicyclic) bond motifs is 1. The quantitative estimate of drug-likeness (QED) is 0.581.